The molecule has 1 fully saturated rings. The molecule has 1 aliphatic rings. The van der Waals surface area contributed by atoms with Crippen molar-refractivity contribution in [2.75, 3.05) is 0 Å². The molecule has 0 radical (unpaired) electrons. The van der Waals surface area contributed by atoms with Crippen molar-refractivity contribution in [3.63, 3.8) is 0 Å². The number of carbonyl (C=O) groups excluding carboxylic acids is 1. The van der Waals surface area contributed by atoms with Gasteiger partial charge in [-0.25, -0.2) is 0 Å². The van der Waals surface area contributed by atoms with Gasteiger partial charge in [-0.05, 0) is 32.6 Å². The van der Waals surface area contributed by atoms with Gasteiger partial charge in [-0.2, -0.15) is 5.10 Å². The molecular weight excluding hydrogens is 206 g/mol. The summed E-state index contributed by atoms with van der Waals surface area (Å²) in [6.07, 6.45) is 4.67. The first-order chi connectivity index (χ1) is 7.66. The normalized spacial score (nSPS) is 25.4. The zero-order valence-electron chi connectivity index (χ0n) is 9.36. The zero-order valence-corrected chi connectivity index (χ0v) is 9.36. The second kappa shape index (κ2) is 4.65. The van der Waals surface area contributed by atoms with Crippen LogP contribution in [0.4, 0.5) is 0 Å². The molecule has 1 aromatic heterocycles. The van der Waals surface area contributed by atoms with E-state index in [4.69, 9.17) is 0 Å². The highest BCUT2D eigenvalue weighted by molar-refractivity contribution is 5.95. The van der Waals surface area contributed by atoms with Gasteiger partial charge in [0.15, 0.2) is 0 Å². The second-order valence-corrected chi connectivity index (χ2v) is 4.40. The maximum atomic E-state index is 11.8. The maximum Gasteiger partial charge on any atom is 0.254 e. The Balaban J connectivity index is 1.95. The van der Waals surface area contributed by atoms with E-state index in [0.29, 0.717) is 12.0 Å². The Bertz CT molecular complexity index is 375. The number of aliphatic hydroxyl groups is 1. The van der Waals surface area contributed by atoms with Crippen LogP contribution in [-0.2, 0) is 0 Å². The van der Waals surface area contributed by atoms with Gasteiger partial charge in [-0.15, -0.1) is 0 Å². The number of amides is 1. The molecule has 1 amide bonds. The summed E-state index contributed by atoms with van der Waals surface area (Å²) >= 11 is 0. The lowest BCUT2D eigenvalue weighted by Gasteiger charge is -2.26. The SMILES string of the molecule is Cc1[nH]ncc1C(=O)NC1CCCC(O)C1. The van der Waals surface area contributed by atoms with Crippen LogP contribution in [0.3, 0.4) is 0 Å². The first-order valence-electron chi connectivity index (χ1n) is 5.65. The highest BCUT2D eigenvalue weighted by Crippen LogP contribution is 2.18. The quantitative estimate of drug-likeness (QED) is 0.692. The Kier molecular flexibility index (Phi) is 3.24. The molecule has 0 spiro atoms. The van der Waals surface area contributed by atoms with Gasteiger partial charge in [-0.1, -0.05) is 0 Å². The minimum Gasteiger partial charge on any atom is -0.393 e. The summed E-state index contributed by atoms with van der Waals surface area (Å²) in [5.41, 5.74) is 1.36. The number of hydrogen-bond donors (Lipinski definition) is 3. The third kappa shape index (κ3) is 2.41. The molecule has 3 N–H and O–H groups in total. The number of aromatic nitrogens is 2. The number of hydrogen-bond acceptors (Lipinski definition) is 3. The topological polar surface area (TPSA) is 78.0 Å². The van der Waals surface area contributed by atoms with E-state index >= 15 is 0 Å². The van der Waals surface area contributed by atoms with Crippen LogP contribution in [0.2, 0.25) is 0 Å². The van der Waals surface area contributed by atoms with Crippen molar-refractivity contribution < 1.29 is 9.90 Å². The van der Waals surface area contributed by atoms with Crippen molar-refractivity contribution in [1.29, 1.82) is 0 Å². The van der Waals surface area contributed by atoms with Gasteiger partial charge >= 0.3 is 0 Å². The molecule has 1 saturated carbocycles. The summed E-state index contributed by atoms with van der Waals surface area (Å²) in [6, 6.07) is 0.0885. The van der Waals surface area contributed by atoms with Crippen molar-refractivity contribution in [2.24, 2.45) is 0 Å². The van der Waals surface area contributed by atoms with Crippen molar-refractivity contribution in [1.82, 2.24) is 15.5 Å². The standard InChI is InChI=1S/C11H17N3O2/c1-7-10(6-12-14-7)11(16)13-8-3-2-4-9(15)5-8/h6,8-9,15H,2-5H2,1H3,(H,12,14)(H,13,16). The molecule has 0 aliphatic heterocycles. The van der Waals surface area contributed by atoms with E-state index in [2.05, 4.69) is 15.5 Å². The third-order valence-corrected chi connectivity index (χ3v) is 3.06. The van der Waals surface area contributed by atoms with Crippen LogP contribution in [-0.4, -0.2) is 33.4 Å². The lowest BCUT2D eigenvalue weighted by atomic mass is 9.93. The molecule has 1 aromatic rings. The lowest BCUT2D eigenvalue weighted by Crippen LogP contribution is -2.39. The van der Waals surface area contributed by atoms with Crippen LogP contribution >= 0.6 is 0 Å². The summed E-state index contributed by atoms with van der Waals surface area (Å²) in [5.74, 6) is -0.106. The number of carbonyl (C=O) groups is 1. The van der Waals surface area contributed by atoms with Crippen LogP contribution < -0.4 is 5.32 Å². The van der Waals surface area contributed by atoms with E-state index in [1.165, 1.54) is 6.20 Å². The first kappa shape index (κ1) is 11.1. The Hall–Kier alpha value is -1.36. The Morgan fingerprint density at radius 2 is 2.44 bits per heavy atom. The molecule has 2 atom stereocenters. The Morgan fingerprint density at radius 3 is 3.06 bits per heavy atom. The lowest BCUT2D eigenvalue weighted by molar-refractivity contribution is 0.0849. The molecule has 0 aromatic carbocycles. The van der Waals surface area contributed by atoms with Gasteiger partial charge < -0.3 is 10.4 Å². The minimum atomic E-state index is -0.274. The monoisotopic (exact) mass is 223 g/mol. The fourth-order valence-corrected chi connectivity index (χ4v) is 2.14. The van der Waals surface area contributed by atoms with Gasteiger partial charge in [0.05, 0.1) is 17.9 Å². The highest BCUT2D eigenvalue weighted by Gasteiger charge is 2.22. The van der Waals surface area contributed by atoms with Gasteiger partial charge in [0.2, 0.25) is 0 Å². The van der Waals surface area contributed by atoms with E-state index in [-0.39, 0.29) is 18.1 Å². The van der Waals surface area contributed by atoms with Crippen molar-refractivity contribution >= 4 is 5.91 Å². The number of nitrogens with zero attached hydrogens (tertiary/aromatic N) is 1. The molecule has 1 aliphatic carbocycles. The smallest absolute Gasteiger partial charge is 0.254 e. The first-order valence-corrected chi connectivity index (χ1v) is 5.65. The zero-order chi connectivity index (χ0) is 11.5. The molecule has 2 rings (SSSR count). The van der Waals surface area contributed by atoms with Crippen LogP contribution in [0.15, 0.2) is 6.20 Å². The van der Waals surface area contributed by atoms with Crippen LogP contribution in [0.1, 0.15) is 41.7 Å². The van der Waals surface area contributed by atoms with Crippen LogP contribution in [0.25, 0.3) is 0 Å². The highest BCUT2D eigenvalue weighted by atomic mass is 16.3. The fourth-order valence-electron chi connectivity index (χ4n) is 2.14. The molecule has 0 bridgehead atoms. The number of H-pyrrole nitrogens is 1. The Labute approximate surface area is 94.2 Å². The average Bonchev–Trinajstić information content (AvgIpc) is 2.64. The largest absolute Gasteiger partial charge is 0.393 e. The van der Waals surface area contributed by atoms with Crippen LogP contribution in [0, 0.1) is 6.92 Å². The summed E-state index contributed by atoms with van der Waals surface area (Å²) < 4.78 is 0. The predicted octanol–water partition coefficient (Wildman–Crippen LogP) is 0.751. The number of aryl methyl sites for hydroxylation is 1. The summed E-state index contributed by atoms with van der Waals surface area (Å²) in [7, 11) is 0. The average molecular weight is 223 g/mol. The van der Waals surface area contributed by atoms with Crippen molar-refractivity contribution in [2.45, 2.75) is 44.8 Å². The predicted molar refractivity (Wildman–Crippen MR) is 59.1 cm³/mol. The van der Waals surface area contributed by atoms with Gasteiger partial charge in [0.1, 0.15) is 0 Å². The van der Waals surface area contributed by atoms with Gasteiger partial charge in [-0.3, -0.25) is 9.89 Å². The van der Waals surface area contributed by atoms with E-state index in [1.54, 1.807) is 0 Å². The molecule has 0 saturated heterocycles. The number of aliphatic hydroxyl groups excluding tert-OH is 1. The molecule has 5 heteroatoms. The van der Waals surface area contributed by atoms with E-state index in [9.17, 15) is 9.90 Å². The molecule has 5 nitrogen and oxygen atoms in total. The van der Waals surface area contributed by atoms with E-state index in [0.717, 1.165) is 25.0 Å². The minimum absolute atomic E-state index is 0.0885. The number of nitrogens with one attached hydrogen (secondary N) is 2. The number of rotatable bonds is 2. The van der Waals surface area contributed by atoms with Crippen molar-refractivity contribution in [3.8, 4) is 0 Å². The second-order valence-electron chi connectivity index (χ2n) is 4.40. The third-order valence-electron chi connectivity index (χ3n) is 3.06. The fraction of sp³-hybridized carbons (Fsp3) is 0.636. The maximum absolute atomic E-state index is 11.8. The molecule has 88 valence electrons. The molecule has 1 heterocycles. The van der Waals surface area contributed by atoms with E-state index < -0.39 is 0 Å². The van der Waals surface area contributed by atoms with Crippen LogP contribution in [0.5, 0.6) is 0 Å². The summed E-state index contributed by atoms with van der Waals surface area (Å²) in [4.78, 5) is 11.8. The molecule has 2 unspecified atom stereocenters. The summed E-state index contributed by atoms with van der Waals surface area (Å²) in [6.45, 7) is 1.82. The molecular formula is C11H17N3O2. The van der Waals surface area contributed by atoms with Crippen molar-refractivity contribution in [3.05, 3.63) is 17.5 Å². The Morgan fingerprint density at radius 1 is 1.62 bits per heavy atom. The van der Waals surface area contributed by atoms with Gasteiger partial charge in [0.25, 0.3) is 5.91 Å². The van der Waals surface area contributed by atoms with Gasteiger partial charge in [0, 0.05) is 11.7 Å². The van der Waals surface area contributed by atoms with E-state index in [1.807, 2.05) is 6.92 Å². The number of aromatic amines is 1. The molecule has 16 heavy (non-hydrogen) atoms. The summed E-state index contributed by atoms with van der Waals surface area (Å²) in [5, 5.41) is 19.0.